The number of hydrogen-bond acceptors (Lipinski definition) is 3. The van der Waals surface area contributed by atoms with Crippen LogP contribution in [0.1, 0.15) is 11.1 Å². The normalized spacial score (nSPS) is 10.9. The lowest BCUT2D eigenvalue weighted by Crippen LogP contribution is -1.98. The lowest BCUT2D eigenvalue weighted by atomic mass is 10.2. The molecule has 2 aromatic carbocycles. The fourth-order valence-corrected chi connectivity index (χ4v) is 2.26. The van der Waals surface area contributed by atoms with Crippen LogP contribution in [-0.2, 0) is 6.61 Å². The zero-order chi connectivity index (χ0) is 14.5. The zero-order valence-electron chi connectivity index (χ0n) is 10.2. The van der Waals surface area contributed by atoms with Crippen molar-refractivity contribution in [1.29, 1.82) is 0 Å². The molecule has 2 rings (SSSR count). The minimum absolute atomic E-state index is 0.192. The topological polar surface area (TPSA) is 41.8 Å². The molecule has 0 saturated carbocycles. The maximum Gasteiger partial charge on any atom is 0.120 e. The average Bonchev–Trinajstić information content (AvgIpc) is 2.44. The lowest BCUT2D eigenvalue weighted by molar-refractivity contribution is 0.306. The number of hydrogen-bond donors (Lipinski definition) is 1. The lowest BCUT2D eigenvalue weighted by Gasteiger charge is -2.10. The Morgan fingerprint density at radius 3 is 2.60 bits per heavy atom. The van der Waals surface area contributed by atoms with Gasteiger partial charge in [0.1, 0.15) is 12.4 Å². The summed E-state index contributed by atoms with van der Waals surface area (Å²) in [5, 5.41) is 12.8. The van der Waals surface area contributed by atoms with Crippen LogP contribution in [0, 0.1) is 0 Å². The predicted molar refractivity (Wildman–Crippen MR) is 81.6 cm³/mol. The van der Waals surface area contributed by atoms with Crippen molar-refractivity contribution >= 4 is 41.0 Å². The van der Waals surface area contributed by atoms with E-state index in [1.165, 1.54) is 6.21 Å². The first-order valence-corrected chi connectivity index (χ1v) is 6.78. The smallest absolute Gasteiger partial charge is 0.120 e. The molecule has 0 aromatic heterocycles. The summed E-state index contributed by atoms with van der Waals surface area (Å²) >= 11 is 18.1. The number of benzene rings is 2. The van der Waals surface area contributed by atoms with Gasteiger partial charge in [0.05, 0.1) is 16.3 Å². The van der Waals surface area contributed by atoms with Crippen LogP contribution in [0.3, 0.4) is 0 Å². The molecule has 0 spiro atoms. The van der Waals surface area contributed by atoms with E-state index in [1.807, 2.05) is 0 Å². The first-order chi connectivity index (χ1) is 9.61. The number of nitrogens with zero attached hydrogens (tertiary/aromatic N) is 1. The molecule has 0 atom stereocenters. The van der Waals surface area contributed by atoms with Gasteiger partial charge in [-0.15, -0.1) is 0 Å². The first kappa shape index (κ1) is 15.0. The highest BCUT2D eigenvalue weighted by atomic mass is 35.5. The molecule has 20 heavy (non-hydrogen) atoms. The Labute approximate surface area is 131 Å². The highest BCUT2D eigenvalue weighted by Crippen LogP contribution is 2.32. The second-order valence-corrected chi connectivity index (χ2v) is 5.12. The van der Waals surface area contributed by atoms with Crippen molar-refractivity contribution in [2.45, 2.75) is 6.61 Å². The van der Waals surface area contributed by atoms with E-state index in [1.54, 1.807) is 36.4 Å². The molecule has 0 saturated heterocycles. The standard InChI is InChI=1S/C14H10Cl3NO2/c15-12-4-5-13(16)14(17)11(12)8-20-10-3-1-2-9(6-10)7-18-19/h1-7,19H,8H2. The van der Waals surface area contributed by atoms with E-state index < -0.39 is 0 Å². The highest BCUT2D eigenvalue weighted by molar-refractivity contribution is 6.44. The van der Waals surface area contributed by atoms with E-state index in [0.717, 1.165) is 0 Å². The first-order valence-electron chi connectivity index (χ1n) is 5.64. The van der Waals surface area contributed by atoms with Gasteiger partial charge < -0.3 is 9.94 Å². The van der Waals surface area contributed by atoms with Crippen LogP contribution in [0.15, 0.2) is 41.6 Å². The maximum absolute atomic E-state index is 8.50. The Morgan fingerprint density at radius 1 is 1.10 bits per heavy atom. The van der Waals surface area contributed by atoms with E-state index in [0.29, 0.717) is 31.9 Å². The number of ether oxygens (including phenoxy) is 1. The van der Waals surface area contributed by atoms with Crippen LogP contribution in [0.4, 0.5) is 0 Å². The summed E-state index contributed by atoms with van der Waals surface area (Å²) in [5.41, 5.74) is 1.34. The average molecular weight is 331 g/mol. The molecule has 3 nitrogen and oxygen atoms in total. The van der Waals surface area contributed by atoms with Crippen molar-refractivity contribution < 1.29 is 9.94 Å². The summed E-state index contributed by atoms with van der Waals surface area (Å²) in [5.74, 6) is 0.606. The molecule has 0 amide bonds. The van der Waals surface area contributed by atoms with E-state index >= 15 is 0 Å². The second-order valence-electron chi connectivity index (χ2n) is 3.93. The third-order valence-electron chi connectivity index (χ3n) is 2.59. The number of halogens is 3. The number of rotatable bonds is 4. The van der Waals surface area contributed by atoms with Crippen molar-refractivity contribution in [3.05, 3.63) is 62.6 Å². The minimum Gasteiger partial charge on any atom is -0.489 e. The molecular formula is C14H10Cl3NO2. The largest absolute Gasteiger partial charge is 0.489 e. The molecular weight excluding hydrogens is 321 g/mol. The summed E-state index contributed by atoms with van der Waals surface area (Å²) in [4.78, 5) is 0. The van der Waals surface area contributed by atoms with Crippen molar-refractivity contribution in [2.24, 2.45) is 5.16 Å². The zero-order valence-corrected chi connectivity index (χ0v) is 12.5. The molecule has 0 aliphatic rings. The van der Waals surface area contributed by atoms with Crippen LogP contribution in [0.2, 0.25) is 15.1 Å². The van der Waals surface area contributed by atoms with E-state index in [2.05, 4.69) is 5.16 Å². The van der Waals surface area contributed by atoms with Gasteiger partial charge in [-0.1, -0.05) is 52.1 Å². The Bertz CT molecular complexity index is 644. The molecule has 6 heteroatoms. The molecule has 0 aliphatic carbocycles. The van der Waals surface area contributed by atoms with Gasteiger partial charge in [-0.05, 0) is 29.8 Å². The van der Waals surface area contributed by atoms with Crippen LogP contribution in [-0.4, -0.2) is 11.4 Å². The monoisotopic (exact) mass is 329 g/mol. The fraction of sp³-hybridized carbons (Fsp3) is 0.0714. The van der Waals surface area contributed by atoms with Gasteiger partial charge in [0.25, 0.3) is 0 Å². The third kappa shape index (κ3) is 3.57. The quantitative estimate of drug-likeness (QED) is 0.369. The molecule has 0 heterocycles. The molecule has 0 aliphatic heterocycles. The van der Waals surface area contributed by atoms with Gasteiger partial charge in [-0.2, -0.15) is 0 Å². The summed E-state index contributed by atoms with van der Waals surface area (Å²) in [7, 11) is 0. The summed E-state index contributed by atoms with van der Waals surface area (Å²) in [6.45, 7) is 0.192. The maximum atomic E-state index is 8.50. The van der Waals surface area contributed by atoms with E-state index in [-0.39, 0.29) is 6.61 Å². The molecule has 104 valence electrons. The molecule has 2 aromatic rings. The molecule has 0 radical (unpaired) electrons. The van der Waals surface area contributed by atoms with Crippen LogP contribution in [0.25, 0.3) is 0 Å². The SMILES string of the molecule is ON=Cc1cccc(OCc2c(Cl)ccc(Cl)c2Cl)c1. The second kappa shape index (κ2) is 6.84. The van der Waals surface area contributed by atoms with Crippen LogP contribution < -0.4 is 4.74 Å². The van der Waals surface area contributed by atoms with Crippen molar-refractivity contribution in [2.75, 3.05) is 0 Å². The molecule has 0 bridgehead atoms. The Hall–Kier alpha value is -1.42. The summed E-state index contributed by atoms with van der Waals surface area (Å²) in [6.07, 6.45) is 1.31. The van der Waals surface area contributed by atoms with E-state index in [4.69, 9.17) is 44.7 Å². The van der Waals surface area contributed by atoms with Crippen LogP contribution in [0.5, 0.6) is 5.75 Å². The number of oxime groups is 1. The summed E-state index contributed by atoms with van der Waals surface area (Å²) in [6, 6.07) is 10.4. The van der Waals surface area contributed by atoms with Gasteiger partial charge in [-0.3, -0.25) is 0 Å². The Balaban J connectivity index is 2.17. The predicted octanol–water partition coefficient (Wildman–Crippen LogP) is 5.03. The summed E-state index contributed by atoms with van der Waals surface area (Å²) < 4.78 is 5.62. The van der Waals surface area contributed by atoms with Gasteiger partial charge >= 0.3 is 0 Å². The minimum atomic E-state index is 0.192. The Morgan fingerprint density at radius 2 is 1.85 bits per heavy atom. The van der Waals surface area contributed by atoms with Gasteiger partial charge in [0, 0.05) is 10.6 Å². The van der Waals surface area contributed by atoms with Crippen molar-refractivity contribution in [3.63, 3.8) is 0 Å². The van der Waals surface area contributed by atoms with E-state index in [9.17, 15) is 0 Å². The van der Waals surface area contributed by atoms with Crippen molar-refractivity contribution in [3.8, 4) is 5.75 Å². The Kier molecular flexibility index (Phi) is 5.12. The molecule has 1 N–H and O–H groups in total. The molecule has 0 unspecified atom stereocenters. The van der Waals surface area contributed by atoms with Gasteiger partial charge in [-0.25, -0.2) is 0 Å². The highest BCUT2D eigenvalue weighted by Gasteiger charge is 2.10. The van der Waals surface area contributed by atoms with Gasteiger partial charge in [0.15, 0.2) is 0 Å². The molecule has 0 fully saturated rings. The third-order valence-corrected chi connectivity index (χ3v) is 3.78. The fourth-order valence-electron chi connectivity index (χ4n) is 1.61. The van der Waals surface area contributed by atoms with Gasteiger partial charge in [0.2, 0.25) is 0 Å². The van der Waals surface area contributed by atoms with Crippen molar-refractivity contribution in [1.82, 2.24) is 0 Å². The van der Waals surface area contributed by atoms with Crippen LogP contribution >= 0.6 is 34.8 Å².